The van der Waals surface area contributed by atoms with Gasteiger partial charge in [-0.05, 0) is 55.0 Å². The van der Waals surface area contributed by atoms with Gasteiger partial charge in [0.2, 0.25) is 5.91 Å². The Hall–Kier alpha value is -3.53. The van der Waals surface area contributed by atoms with Gasteiger partial charge in [-0.2, -0.15) is 21.0 Å². The lowest BCUT2D eigenvalue weighted by Crippen LogP contribution is -2.44. The van der Waals surface area contributed by atoms with Gasteiger partial charge in [-0.1, -0.05) is 26.0 Å². The minimum atomic E-state index is -2.52. The fourth-order valence-electron chi connectivity index (χ4n) is 5.72. The Balaban J connectivity index is 1.52. The molecule has 1 saturated carbocycles. The lowest BCUT2D eigenvalue weighted by Gasteiger charge is -2.41. The number of nitrogens with zero attached hydrogens (tertiary/aromatic N) is 5. The van der Waals surface area contributed by atoms with Crippen molar-refractivity contribution in [3.63, 3.8) is 0 Å². The predicted molar refractivity (Wildman–Crippen MR) is 159 cm³/mol. The summed E-state index contributed by atoms with van der Waals surface area (Å²) in [6.07, 6.45) is 2.64. The Morgan fingerprint density at radius 1 is 1.17 bits per heavy atom. The Morgan fingerprint density at radius 3 is 2.52 bits per heavy atom. The number of nitriles is 1. The molecule has 42 heavy (non-hydrogen) atoms. The second-order valence-electron chi connectivity index (χ2n) is 11.4. The molecule has 1 saturated heterocycles. The molecule has 0 bridgehead atoms. The van der Waals surface area contributed by atoms with Gasteiger partial charge in [0.1, 0.15) is 12.2 Å². The molecule has 3 heterocycles. The number of rotatable bonds is 7. The Morgan fingerprint density at radius 2 is 1.88 bits per heavy atom. The monoisotopic (exact) mass is 598 g/mol. The van der Waals surface area contributed by atoms with Crippen LogP contribution in [0.3, 0.4) is 0 Å². The fraction of sp³-hybridized carbons (Fsp3) is 0.467. The first-order chi connectivity index (χ1) is 20.1. The van der Waals surface area contributed by atoms with E-state index in [-0.39, 0.29) is 24.6 Å². The van der Waals surface area contributed by atoms with Crippen LogP contribution in [0.1, 0.15) is 44.7 Å². The summed E-state index contributed by atoms with van der Waals surface area (Å²) in [5, 5.41) is 17.1. The molecule has 3 N–H and O–H groups in total. The van der Waals surface area contributed by atoms with Crippen LogP contribution in [0.4, 0.5) is 14.5 Å². The Kier molecular flexibility index (Phi) is 8.82. The van der Waals surface area contributed by atoms with Crippen LogP contribution in [-0.4, -0.2) is 66.6 Å². The van der Waals surface area contributed by atoms with E-state index in [1.165, 1.54) is 23.0 Å². The molecule has 1 aliphatic heterocycles. The van der Waals surface area contributed by atoms with E-state index in [9.17, 15) is 27.9 Å². The summed E-state index contributed by atoms with van der Waals surface area (Å²) in [4.78, 5) is 19.7. The highest BCUT2D eigenvalue weighted by Crippen LogP contribution is 2.44. The van der Waals surface area contributed by atoms with Gasteiger partial charge in [0.05, 0.1) is 23.3 Å². The SMILES string of the molecule is CC(C)[C@@H](C#N)NC(=O)[C@@H]1C[C@@H](F)CC[C@H]1c1nn(-c2ncccc2F)cc1-c1ccc(N2CCS(O)(O)CC2)cc1. The highest BCUT2D eigenvalue weighted by Gasteiger charge is 2.40. The van der Waals surface area contributed by atoms with Crippen molar-refractivity contribution in [2.75, 3.05) is 29.5 Å². The van der Waals surface area contributed by atoms with Crippen molar-refractivity contribution >= 4 is 22.2 Å². The first kappa shape index (κ1) is 29.9. The maximum Gasteiger partial charge on any atom is 0.224 e. The number of anilines is 1. The maximum absolute atomic E-state index is 14.8. The van der Waals surface area contributed by atoms with Crippen molar-refractivity contribution in [3.8, 4) is 23.0 Å². The van der Waals surface area contributed by atoms with Crippen molar-refractivity contribution in [1.29, 1.82) is 5.26 Å². The van der Waals surface area contributed by atoms with Gasteiger partial charge in [0, 0.05) is 48.6 Å². The molecule has 0 unspecified atom stereocenters. The van der Waals surface area contributed by atoms with Gasteiger partial charge < -0.3 is 10.2 Å². The number of hydrogen-bond acceptors (Lipinski definition) is 7. The first-order valence-electron chi connectivity index (χ1n) is 14.2. The van der Waals surface area contributed by atoms with E-state index >= 15 is 0 Å². The van der Waals surface area contributed by atoms with Crippen molar-refractivity contribution in [2.24, 2.45) is 11.8 Å². The largest absolute Gasteiger partial charge is 0.368 e. The molecule has 12 heteroatoms. The Labute approximate surface area is 245 Å². The number of carbonyl (C=O) groups excluding carboxylic acids is 1. The van der Waals surface area contributed by atoms with Gasteiger partial charge in [-0.3, -0.25) is 13.9 Å². The van der Waals surface area contributed by atoms with Crippen LogP contribution in [-0.2, 0) is 4.79 Å². The van der Waals surface area contributed by atoms with Gasteiger partial charge in [0.25, 0.3) is 0 Å². The van der Waals surface area contributed by atoms with E-state index in [2.05, 4.69) is 21.3 Å². The summed E-state index contributed by atoms with van der Waals surface area (Å²) < 4.78 is 50.8. The average Bonchev–Trinajstić information content (AvgIpc) is 3.41. The van der Waals surface area contributed by atoms with Gasteiger partial charge in [-0.25, -0.2) is 18.4 Å². The van der Waals surface area contributed by atoms with Crippen LogP contribution in [0.5, 0.6) is 0 Å². The van der Waals surface area contributed by atoms with Crippen LogP contribution >= 0.6 is 10.6 Å². The number of halogens is 2. The Bertz CT molecular complexity index is 1450. The van der Waals surface area contributed by atoms with Crippen molar-refractivity contribution in [2.45, 2.75) is 51.2 Å². The molecule has 0 radical (unpaired) electrons. The number of alkyl halides is 1. The minimum absolute atomic E-state index is 0.00405. The van der Waals surface area contributed by atoms with Crippen molar-refractivity contribution < 1.29 is 22.7 Å². The lowest BCUT2D eigenvalue weighted by atomic mass is 9.74. The molecular weight excluding hydrogens is 562 g/mol. The first-order valence-corrected chi connectivity index (χ1v) is 16.1. The second kappa shape index (κ2) is 12.4. The zero-order valence-corrected chi connectivity index (χ0v) is 24.5. The molecule has 4 atom stereocenters. The number of hydrogen-bond donors (Lipinski definition) is 3. The summed E-state index contributed by atoms with van der Waals surface area (Å²) in [7, 11) is -2.52. The third-order valence-electron chi connectivity index (χ3n) is 8.20. The predicted octanol–water partition coefficient (Wildman–Crippen LogP) is 5.53. The maximum atomic E-state index is 14.8. The molecule has 3 aromatic rings. The average molecular weight is 599 g/mol. The summed E-state index contributed by atoms with van der Waals surface area (Å²) in [6, 6.07) is 11.9. The number of aromatic nitrogens is 3. The summed E-state index contributed by atoms with van der Waals surface area (Å²) >= 11 is 0. The van der Waals surface area contributed by atoms with Crippen LogP contribution in [0.25, 0.3) is 16.9 Å². The van der Waals surface area contributed by atoms with Crippen molar-refractivity contribution in [1.82, 2.24) is 20.1 Å². The molecular formula is C30H36F2N6O3S. The fourth-order valence-corrected chi connectivity index (χ4v) is 6.95. The number of nitrogens with one attached hydrogen (secondary N) is 1. The van der Waals surface area contributed by atoms with Gasteiger partial charge >= 0.3 is 0 Å². The number of benzene rings is 1. The molecule has 1 aromatic carbocycles. The van der Waals surface area contributed by atoms with E-state index in [0.717, 1.165) is 11.3 Å². The highest BCUT2D eigenvalue weighted by molar-refractivity contribution is 8.24. The topological polar surface area (TPSA) is 127 Å². The zero-order chi connectivity index (χ0) is 30.0. The van der Waals surface area contributed by atoms with Crippen LogP contribution < -0.4 is 10.2 Å². The molecule has 0 spiro atoms. The molecule has 1 aliphatic carbocycles. The van der Waals surface area contributed by atoms with Crippen molar-refractivity contribution in [3.05, 3.63) is 60.3 Å². The molecule has 2 aliphatic rings. The van der Waals surface area contributed by atoms with Crippen LogP contribution in [0, 0.1) is 29.0 Å². The quantitative estimate of drug-likeness (QED) is 0.326. The lowest BCUT2D eigenvalue weighted by molar-refractivity contribution is -0.128. The molecule has 2 aromatic heterocycles. The smallest absolute Gasteiger partial charge is 0.224 e. The zero-order valence-electron chi connectivity index (χ0n) is 23.7. The van der Waals surface area contributed by atoms with E-state index in [1.54, 1.807) is 6.20 Å². The number of amides is 1. The van der Waals surface area contributed by atoms with Crippen LogP contribution in [0.15, 0.2) is 48.8 Å². The molecule has 5 rings (SSSR count). The third kappa shape index (κ3) is 6.43. The summed E-state index contributed by atoms with van der Waals surface area (Å²) in [6.45, 7) is 4.75. The second-order valence-corrected chi connectivity index (χ2v) is 13.8. The third-order valence-corrected chi connectivity index (χ3v) is 9.87. The minimum Gasteiger partial charge on any atom is -0.368 e. The number of pyridine rings is 1. The standard InChI is InChI=1S/C30H36F2N6O3S/c1-19(2)27(17-33)35-30(39)24-16-21(31)7-10-23(24)28-25(18-38(36-28)29-26(32)4-3-11-34-29)20-5-8-22(9-6-20)37-12-14-42(40,41)15-13-37/h3-6,8-9,11,18-19,21,23-24,27,40-41H,7,10,12-16H2,1-2H3,(H,35,39)/t21-,23+,24+,27+/m0/s1. The van der Waals surface area contributed by atoms with E-state index in [0.29, 0.717) is 42.3 Å². The molecule has 1 amide bonds. The summed E-state index contributed by atoms with van der Waals surface area (Å²) in [5.74, 6) is -1.62. The van der Waals surface area contributed by atoms with E-state index in [4.69, 9.17) is 5.10 Å². The van der Waals surface area contributed by atoms with E-state index in [1.807, 2.05) is 38.1 Å². The molecule has 9 nitrogen and oxygen atoms in total. The van der Waals surface area contributed by atoms with Crippen LogP contribution in [0.2, 0.25) is 0 Å². The van der Waals surface area contributed by atoms with Gasteiger partial charge in [0.15, 0.2) is 11.6 Å². The molecule has 2 fully saturated rings. The normalized spacial score (nSPS) is 23.7. The molecule has 224 valence electrons. The highest BCUT2D eigenvalue weighted by atomic mass is 32.3. The van der Waals surface area contributed by atoms with Gasteiger partial charge in [-0.15, -0.1) is 0 Å². The number of carbonyl (C=O) groups is 1. The summed E-state index contributed by atoms with van der Waals surface area (Å²) in [5.41, 5.74) is 2.95. The van der Waals surface area contributed by atoms with E-state index < -0.39 is 46.4 Å².